The third kappa shape index (κ3) is 7.94. The predicted octanol–water partition coefficient (Wildman–Crippen LogP) is 2.75. The van der Waals surface area contributed by atoms with Gasteiger partial charge < -0.3 is 16.0 Å². The lowest BCUT2D eigenvalue weighted by molar-refractivity contribution is 0.0963. The van der Waals surface area contributed by atoms with E-state index in [4.69, 9.17) is 0 Å². The van der Waals surface area contributed by atoms with Gasteiger partial charge in [0.15, 0.2) is 5.96 Å². The molecule has 0 aliphatic rings. The SMILES string of the molecule is CN=C(NCCc1cccc(F)c1)NCCc1cccc(C(=O)NC)c1.I. The van der Waals surface area contributed by atoms with E-state index in [-0.39, 0.29) is 35.7 Å². The number of carbonyl (C=O) groups excluding carboxylic acids is 1. The molecule has 2 aromatic carbocycles. The predicted molar refractivity (Wildman–Crippen MR) is 118 cm³/mol. The molecule has 27 heavy (non-hydrogen) atoms. The highest BCUT2D eigenvalue weighted by molar-refractivity contribution is 14.0. The first-order valence-corrected chi connectivity index (χ1v) is 8.62. The van der Waals surface area contributed by atoms with Crippen LogP contribution in [0.4, 0.5) is 4.39 Å². The summed E-state index contributed by atoms with van der Waals surface area (Å²) in [6.07, 6.45) is 1.49. The van der Waals surface area contributed by atoms with Gasteiger partial charge in [-0.3, -0.25) is 9.79 Å². The minimum atomic E-state index is -0.219. The van der Waals surface area contributed by atoms with E-state index >= 15 is 0 Å². The standard InChI is InChI=1S/C20H25FN4O.HI/c1-22-19(26)17-7-3-5-15(13-17)9-11-24-20(23-2)25-12-10-16-6-4-8-18(21)14-16;/h3-8,13-14H,9-12H2,1-2H3,(H,22,26)(H2,23,24,25);1H. The second-order valence-corrected chi connectivity index (χ2v) is 5.84. The van der Waals surface area contributed by atoms with Gasteiger partial charge in [-0.15, -0.1) is 24.0 Å². The van der Waals surface area contributed by atoms with Crippen LogP contribution in [0, 0.1) is 5.82 Å². The zero-order chi connectivity index (χ0) is 18.8. The molecule has 5 nitrogen and oxygen atoms in total. The number of guanidine groups is 1. The fourth-order valence-corrected chi connectivity index (χ4v) is 2.58. The first-order chi connectivity index (χ1) is 12.6. The summed E-state index contributed by atoms with van der Waals surface area (Å²) in [5.41, 5.74) is 2.68. The molecule has 0 atom stereocenters. The molecule has 0 radical (unpaired) electrons. The average molecular weight is 484 g/mol. The topological polar surface area (TPSA) is 65.5 Å². The van der Waals surface area contributed by atoms with Gasteiger partial charge in [0.1, 0.15) is 5.82 Å². The number of aliphatic imine (C=N–C) groups is 1. The average Bonchev–Trinajstić information content (AvgIpc) is 2.66. The molecule has 2 rings (SSSR count). The van der Waals surface area contributed by atoms with Crippen LogP contribution in [0.1, 0.15) is 21.5 Å². The van der Waals surface area contributed by atoms with Gasteiger partial charge in [-0.2, -0.15) is 0 Å². The maximum atomic E-state index is 13.2. The van der Waals surface area contributed by atoms with Crippen LogP contribution in [0.3, 0.4) is 0 Å². The van der Waals surface area contributed by atoms with E-state index in [0.717, 1.165) is 17.5 Å². The Morgan fingerprint density at radius 3 is 2.15 bits per heavy atom. The van der Waals surface area contributed by atoms with Gasteiger partial charge in [0.25, 0.3) is 5.91 Å². The molecule has 2 aromatic rings. The van der Waals surface area contributed by atoms with Gasteiger partial charge in [-0.25, -0.2) is 4.39 Å². The van der Waals surface area contributed by atoms with Crippen LogP contribution in [0.5, 0.6) is 0 Å². The lowest BCUT2D eigenvalue weighted by Crippen LogP contribution is -2.39. The Morgan fingerprint density at radius 2 is 1.59 bits per heavy atom. The summed E-state index contributed by atoms with van der Waals surface area (Å²) in [7, 11) is 3.33. The second-order valence-electron chi connectivity index (χ2n) is 5.84. The summed E-state index contributed by atoms with van der Waals surface area (Å²) >= 11 is 0. The lowest BCUT2D eigenvalue weighted by Gasteiger charge is -2.12. The van der Waals surface area contributed by atoms with E-state index in [1.165, 1.54) is 12.1 Å². The van der Waals surface area contributed by atoms with Gasteiger partial charge in [0.2, 0.25) is 0 Å². The number of halogens is 2. The number of hydrogen-bond donors (Lipinski definition) is 3. The van der Waals surface area contributed by atoms with Crippen molar-refractivity contribution in [2.75, 3.05) is 27.2 Å². The summed E-state index contributed by atoms with van der Waals surface area (Å²) in [6.45, 7) is 1.35. The molecule has 1 amide bonds. The summed E-state index contributed by atoms with van der Waals surface area (Å²) in [5, 5.41) is 9.08. The minimum Gasteiger partial charge on any atom is -0.356 e. The maximum absolute atomic E-state index is 13.2. The number of nitrogens with zero attached hydrogens (tertiary/aromatic N) is 1. The largest absolute Gasteiger partial charge is 0.356 e. The first kappa shape index (κ1) is 22.9. The van der Waals surface area contributed by atoms with Crippen LogP contribution < -0.4 is 16.0 Å². The quantitative estimate of drug-likeness (QED) is 0.322. The van der Waals surface area contributed by atoms with Crippen LogP contribution in [0.25, 0.3) is 0 Å². The van der Waals surface area contributed by atoms with E-state index in [0.29, 0.717) is 31.0 Å². The Labute approximate surface area is 176 Å². The number of nitrogens with one attached hydrogen (secondary N) is 3. The molecule has 0 aliphatic carbocycles. The maximum Gasteiger partial charge on any atom is 0.251 e. The summed E-state index contributed by atoms with van der Waals surface area (Å²) in [5.74, 6) is 0.391. The fraction of sp³-hybridized carbons (Fsp3) is 0.300. The smallest absolute Gasteiger partial charge is 0.251 e. The van der Waals surface area contributed by atoms with Crippen LogP contribution in [-0.2, 0) is 12.8 Å². The molecule has 0 spiro atoms. The molecule has 0 saturated heterocycles. The van der Waals surface area contributed by atoms with Crippen molar-refractivity contribution in [1.29, 1.82) is 0 Å². The van der Waals surface area contributed by atoms with Crippen LogP contribution in [0.2, 0.25) is 0 Å². The van der Waals surface area contributed by atoms with Gasteiger partial charge in [-0.1, -0.05) is 24.3 Å². The van der Waals surface area contributed by atoms with Gasteiger partial charge in [-0.05, 0) is 48.2 Å². The molecule has 0 bridgehead atoms. The van der Waals surface area contributed by atoms with E-state index in [1.807, 2.05) is 24.3 Å². The molecule has 0 saturated carbocycles. The molecule has 0 aromatic heterocycles. The normalized spacial score (nSPS) is 10.7. The number of hydrogen-bond acceptors (Lipinski definition) is 2. The lowest BCUT2D eigenvalue weighted by atomic mass is 10.1. The van der Waals surface area contributed by atoms with Gasteiger partial charge >= 0.3 is 0 Å². The highest BCUT2D eigenvalue weighted by atomic mass is 127. The Morgan fingerprint density at radius 1 is 1.00 bits per heavy atom. The number of carbonyl (C=O) groups is 1. The zero-order valence-corrected chi connectivity index (χ0v) is 17.9. The van der Waals surface area contributed by atoms with Gasteiger partial charge in [0.05, 0.1) is 0 Å². The summed E-state index contributed by atoms with van der Waals surface area (Å²) in [4.78, 5) is 15.9. The number of rotatable bonds is 7. The monoisotopic (exact) mass is 484 g/mol. The van der Waals surface area contributed by atoms with E-state index in [1.54, 1.807) is 26.2 Å². The minimum absolute atomic E-state index is 0. The van der Waals surface area contributed by atoms with Crippen molar-refractivity contribution in [3.8, 4) is 0 Å². The Balaban J connectivity index is 0.00000364. The number of benzene rings is 2. The molecule has 7 heteroatoms. The molecular formula is C20H26FIN4O. The van der Waals surface area contributed by atoms with E-state index in [9.17, 15) is 9.18 Å². The van der Waals surface area contributed by atoms with E-state index < -0.39 is 0 Å². The Bertz CT molecular complexity index is 767. The molecule has 0 heterocycles. The van der Waals surface area contributed by atoms with Crippen molar-refractivity contribution in [2.45, 2.75) is 12.8 Å². The second kappa shape index (κ2) is 12.3. The summed E-state index contributed by atoms with van der Waals surface area (Å²) < 4.78 is 13.2. The van der Waals surface area contributed by atoms with Crippen molar-refractivity contribution in [1.82, 2.24) is 16.0 Å². The van der Waals surface area contributed by atoms with Crippen LogP contribution >= 0.6 is 24.0 Å². The fourth-order valence-electron chi connectivity index (χ4n) is 2.58. The Hall–Kier alpha value is -2.16. The first-order valence-electron chi connectivity index (χ1n) is 8.62. The Kier molecular flexibility index (Phi) is 10.4. The third-order valence-electron chi connectivity index (χ3n) is 3.94. The van der Waals surface area contributed by atoms with Crippen molar-refractivity contribution in [3.05, 3.63) is 71.0 Å². The van der Waals surface area contributed by atoms with Crippen LogP contribution in [-0.4, -0.2) is 39.1 Å². The zero-order valence-electron chi connectivity index (χ0n) is 15.6. The highest BCUT2D eigenvalue weighted by Crippen LogP contribution is 2.06. The van der Waals surface area contributed by atoms with E-state index in [2.05, 4.69) is 20.9 Å². The summed E-state index contributed by atoms with van der Waals surface area (Å²) in [6, 6.07) is 14.2. The molecule has 0 unspecified atom stereocenters. The number of amides is 1. The molecule has 146 valence electrons. The third-order valence-corrected chi connectivity index (χ3v) is 3.94. The van der Waals surface area contributed by atoms with Crippen LogP contribution in [0.15, 0.2) is 53.5 Å². The van der Waals surface area contributed by atoms with Crippen molar-refractivity contribution in [2.24, 2.45) is 4.99 Å². The molecule has 0 fully saturated rings. The molecular weight excluding hydrogens is 458 g/mol. The van der Waals surface area contributed by atoms with Gasteiger partial charge in [0, 0.05) is 32.7 Å². The van der Waals surface area contributed by atoms with Crippen molar-refractivity contribution in [3.63, 3.8) is 0 Å². The molecule has 0 aliphatic heterocycles. The highest BCUT2D eigenvalue weighted by Gasteiger charge is 2.04. The molecule has 3 N–H and O–H groups in total. The van der Waals surface area contributed by atoms with Crippen molar-refractivity contribution < 1.29 is 9.18 Å². The van der Waals surface area contributed by atoms with Crippen molar-refractivity contribution >= 4 is 35.8 Å².